The van der Waals surface area contributed by atoms with E-state index in [1.165, 1.54) is 0 Å². The van der Waals surface area contributed by atoms with Gasteiger partial charge in [-0.25, -0.2) is 14.2 Å². The fraction of sp³-hybridized carbons (Fsp3) is 0.387. The van der Waals surface area contributed by atoms with Gasteiger partial charge in [0.1, 0.15) is 22.7 Å². The molecule has 6 rings (SSSR count). The number of anilines is 1. The summed E-state index contributed by atoms with van der Waals surface area (Å²) in [7, 11) is 1.55. The number of carbonyl (C=O) groups is 1. The Labute approximate surface area is 243 Å². The number of hydrogen-bond acceptors (Lipinski definition) is 7. The Bertz CT molecular complexity index is 1630. The Morgan fingerprint density at radius 2 is 1.76 bits per heavy atom. The van der Waals surface area contributed by atoms with E-state index in [4.69, 9.17) is 25.8 Å². The first-order valence-electron chi connectivity index (χ1n) is 13.7. The lowest BCUT2D eigenvalue weighted by molar-refractivity contribution is 0.0123. The monoisotopic (exact) mass is 578 g/mol. The van der Waals surface area contributed by atoms with Crippen molar-refractivity contribution >= 4 is 45.2 Å². The van der Waals surface area contributed by atoms with Gasteiger partial charge in [-0.15, -0.1) is 0 Å². The fourth-order valence-corrected chi connectivity index (χ4v) is 6.14. The Kier molecular flexibility index (Phi) is 7.11. The number of amides is 1. The summed E-state index contributed by atoms with van der Waals surface area (Å²) in [4.78, 5) is 25.8. The molecule has 214 valence electrons. The summed E-state index contributed by atoms with van der Waals surface area (Å²) in [6, 6.07) is 15.0. The zero-order valence-corrected chi connectivity index (χ0v) is 24.2. The van der Waals surface area contributed by atoms with Crippen LogP contribution in [0.25, 0.3) is 32.8 Å². The molecule has 2 aliphatic rings. The van der Waals surface area contributed by atoms with Crippen LogP contribution < -0.4 is 9.64 Å². The lowest BCUT2D eigenvalue weighted by atomic mass is 9.96. The van der Waals surface area contributed by atoms with Crippen molar-refractivity contribution in [1.29, 1.82) is 0 Å². The van der Waals surface area contributed by atoms with Crippen molar-refractivity contribution in [3.63, 3.8) is 0 Å². The first kappa shape index (κ1) is 27.5. The molecule has 1 aromatic heterocycles. The third-order valence-electron chi connectivity index (χ3n) is 7.61. The molecule has 3 heterocycles. The Balaban J connectivity index is 1.39. The van der Waals surface area contributed by atoms with Gasteiger partial charge >= 0.3 is 6.09 Å². The van der Waals surface area contributed by atoms with Crippen molar-refractivity contribution in [1.82, 2.24) is 14.9 Å². The van der Waals surface area contributed by atoms with E-state index in [0.717, 1.165) is 23.6 Å². The number of aromatic nitrogens is 2. The topological polar surface area (TPSA) is 77.0 Å². The van der Waals surface area contributed by atoms with Crippen molar-refractivity contribution in [2.45, 2.75) is 51.3 Å². The van der Waals surface area contributed by atoms with E-state index in [1.54, 1.807) is 13.2 Å². The minimum Gasteiger partial charge on any atom is -0.468 e. The Hall–Kier alpha value is -3.69. The number of carbonyl (C=O) groups excluding carboxylic acids is 1. The minimum atomic E-state index is -0.569. The maximum Gasteiger partial charge on any atom is 0.410 e. The maximum absolute atomic E-state index is 16.4. The molecule has 10 heteroatoms. The summed E-state index contributed by atoms with van der Waals surface area (Å²) in [5, 5.41) is 2.32. The molecule has 2 atom stereocenters. The van der Waals surface area contributed by atoms with Crippen LogP contribution in [0.1, 0.15) is 33.6 Å². The molecule has 0 radical (unpaired) electrons. The van der Waals surface area contributed by atoms with Gasteiger partial charge in [0, 0.05) is 31.1 Å². The number of fused-ring (bicyclic) bond motifs is 4. The second-order valence-electron chi connectivity index (χ2n) is 11.6. The van der Waals surface area contributed by atoms with Crippen LogP contribution in [0.2, 0.25) is 5.28 Å². The molecule has 2 saturated heterocycles. The van der Waals surface area contributed by atoms with E-state index in [9.17, 15) is 4.79 Å². The normalized spacial score (nSPS) is 18.8. The highest BCUT2D eigenvalue weighted by Gasteiger charge is 2.45. The number of halogens is 2. The molecule has 3 aromatic carbocycles. The summed E-state index contributed by atoms with van der Waals surface area (Å²) >= 11 is 6.40. The molecule has 1 amide bonds. The zero-order chi connectivity index (χ0) is 28.9. The lowest BCUT2D eigenvalue weighted by Crippen LogP contribution is -2.57. The van der Waals surface area contributed by atoms with Crippen molar-refractivity contribution in [2.75, 3.05) is 31.9 Å². The van der Waals surface area contributed by atoms with Gasteiger partial charge < -0.3 is 19.1 Å². The average Bonchev–Trinajstić information content (AvgIpc) is 3.20. The first-order valence-corrected chi connectivity index (χ1v) is 14.1. The summed E-state index contributed by atoms with van der Waals surface area (Å²) in [6.45, 7) is 6.77. The van der Waals surface area contributed by atoms with Crippen molar-refractivity contribution in [3.05, 3.63) is 59.6 Å². The van der Waals surface area contributed by atoms with E-state index in [1.807, 2.05) is 68.1 Å². The average molecular weight is 579 g/mol. The summed E-state index contributed by atoms with van der Waals surface area (Å²) in [5.41, 5.74) is 0.632. The molecular weight excluding hydrogens is 547 g/mol. The summed E-state index contributed by atoms with van der Waals surface area (Å²) in [6.07, 6.45) is 1.43. The van der Waals surface area contributed by atoms with Gasteiger partial charge in [-0.05, 0) is 79.7 Å². The molecular formula is C31H32ClFN4O4. The molecule has 0 aliphatic carbocycles. The molecule has 8 nitrogen and oxygen atoms in total. The van der Waals surface area contributed by atoms with Gasteiger partial charge in [0.25, 0.3) is 0 Å². The number of hydrogen-bond donors (Lipinski definition) is 0. The molecule has 2 unspecified atom stereocenters. The van der Waals surface area contributed by atoms with Crippen molar-refractivity contribution in [2.24, 2.45) is 0 Å². The number of benzene rings is 3. The van der Waals surface area contributed by atoms with Gasteiger partial charge in [0.2, 0.25) is 5.28 Å². The van der Waals surface area contributed by atoms with Crippen molar-refractivity contribution < 1.29 is 23.4 Å². The molecule has 0 N–H and O–H groups in total. The molecule has 0 saturated carbocycles. The van der Waals surface area contributed by atoms with Crippen LogP contribution in [0.4, 0.5) is 15.0 Å². The van der Waals surface area contributed by atoms with E-state index in [0.29, 0.717) is 41.2 Å². The predicted octanol–water partition coefficient (Wildman–Crippen LogP) is 6.81. The van der Waals surface area contributed by atoms with Gasteiger partial charge in [0.15, 0.2) is 12.6 Å². The third-order valence-corrected chi connectivity index (χ3v) is 7.78. The van der Waals surface area contributed by atoms with Crippen LogP contribution in [0.15, 0.2) is 48.5 Å². The molecule has 41 heavy (non-hydrogen) atoms. The highest BCUT2D eigenvalue weighted by Crippen LogP contribution is 2.40. The standard InChI is InChI=1S/C31H32ClFN4O4/c1-31(2,3)41-30(38)37-19-9-10-20(37)16-36(15-19)28-24-12-11-23(26(33)27(24)34-29(32)35-28)25-14-21(40-17-39-4)13-18-7-5-6-8-22(18)25/h5-8,11-14,19-20H,9-10,15-17H2,1-4H3. The quantitative estimate of drug-likeness (QED) is 0.190. The van der Waals surface area contributed by atoms with Crippen LogP contribution in [0.5, 0.6) is 5.75 Å². The molecule has 2 bridgehead atoms. The van der Waals surface area contributed by atoms with Gasteiger partial charge in [-0.1, -0.05) is 30.3 Å². The number of ether oxygens (including phenoxy) is 3. The Morgan fingerprint density at radius 3 is 2.46 bits per heavy atom. The van der Waals surface area contributed by atoms with E-state index < -0.39 is 11.4 Å². The van der Waals surface area contributed by atoms with Crippen LogP contribution in [-0.2, 0) is 9.47 Å². The van der Waals surface area contributed by atoms with Crippen LogP contribution in [0, 0.1) is 5.82 Å². The van der Waals surface area contributed by atoms with Gasteiger partial charge in [0.05, 0.1) is 12.1 Å². The highest BCUT2D eigenvalue weighted by molar-refractivity contribution is 6.29. The predicted molar refractivity (Wildman–Crippen MR) is 157 cm³/mol. The number of piperazine rings is 1. The van der Waals surface area contributed by atoms with E-state index in [2.05, 4.69) is 14.9 Å². The van der Waals surface area contributed by atoms with E-state index >= 15 is 4.39 Å². The lowest BCUT2D eigenvalue weighted by Gasteiger charge is -2.42. The fourth-order valence-electron chi connectivity index (χ4n) is 5.97. The van der Waals surface area contributed by atoms with Crippen LogP contribution in [0.3, 0.4) is 0 Å². The van der Waals surface area contributed by atoms with Crippen LogP contribution >= 0.6 is 11.6 Å². The molecule has 2 aliphatic heterocycles. The SMILES string of the molecule is COCOc1cc(-c2ccc3c(N4CC5CCC(C4)N5C(=O)OC(C)(C)C)nc(Cl)nc3c2F)c2ccccc2c1. The second-order valence-corrected chi connectivity index (χ2v) is 11.9. The Morgan fingerprint density at radius 1 is 1.02 bits per heavy atom. The maximum atomic E-state index is 16.4. The van der Waals surface area contributed by atoms with Crippen molar-refractivity contribution in [3.8, 4) is 16.9 Å². The van der Waals surface area contributed by atoms with Crippen LogP contribution in [-0.4, -0.2) is 65.6 Å². The van der Waals surface area contributed by atoms with Gasteiger partial charge in [-0.2, -0.15) is 4.98 Å². The smallest absolute Gasteiger partial charge is 0.410 e. The number of rotatable bonds is 5. The first-order chi connectivity index (χ1) is 19.6. The highest BCUT2D eigenvalue weighted by atomic mass is 35.5. The minimum absolute atomic E-state index is 0.0299. The number of nitrogens with zero attached hydrogens (tertiary/aromatic N) is 4. The molecule has 4 aromatic rings. The molecule has 2 fully saturated rings. The zero-order valence-electron chi connectivity index (χ0n) is 23.5. The summed E-state index contributed by atoms with van der Waals surface area (Å²) in [5.74, 6) is 0.644. The second kappa shape index (κ2) is 10.6. The number of methoxy groups -OCH3 is 1. The third kappa shape index (κ3) is 5.24. The van der Waals surface area contributed by atoms with Gasteiger partial charge in [-0.3, -0.25) is 4.90 Å². The molecule has 0 spiro atoms. The summed E-state index contributed by atoms with van der Waals surface area (Å²) < 4.78 is 32.8. The largest absolute Gasteiger partial charge is 0.468 e. The van der Waals surface area contributed by atoms with E-state index in [-0.39, 0.29) is 35.8 Å².